The lowest BCUT2D eigenvalue weighted by molar-refractivity contribution is 0.662. The lowest BCUT2D eigenvalue weighted by atomic mass is 10.1. The van der Waals surface area contributed by atoms with Crippen molar-refractivity contribution >= 4 is 65.7 Å². The molecule has 0 spiro atoms. The molecule has 0 saturated heterocycles. The standard InChI is InChI=1S/C40H24N4O/c1-6-19-32-27(14-1)28-15-2-7-20-33(28)43(32)26-13-11-12-25(24-26)39-41-37-31-18-5-10-23-36(31)45-38(37)40(42-39)44-34-21-8-3-16-29(34)30-17-4-9-22-35(30)44/h1-24H. The van der Waals surface area contributed by atoms with Crippen LogP contribution in [0.15, 0.2) is 150 Å². The van der Waals surface area contributed by atoms with E-state index in [1.807, 2.05) is 18.2 Å². The Labute approximate surface area is 257 Å². The number of hydrogen-bond donors (Lipinski definition) is 0. The predicted molar refractivity (Wildman–Crippen MR) is 183 cm³/mol. The quantitative estimate of drug-likeness (QED) is 0.210. The zero-order valence-electron chi connectivity index (χ0n) is 24.1. The Kier molecular flexibility index (Phi) is 4.93. The van der Waals surface area contributed by atoms with Gasteiger partial charge in [-0.3, -0.25) is 4.57 Å². The number of benzene rings is 6. The van der Waals surface area contributed by atoms with Gasteiger partial charge in [0.05, 0.1) is 22.1 Å². The smallest absolute Gasteiger partial charge is 0.197 e. The highest BCUT2D eigenvalue weighted by Gasteiger charge is 2.22. The number of rotatable bonds is 3. The molecule has 4 heterocycles. The van der Waals surface area contributed by atoms with Crippen LogP contribution in [-0.4, -0.2) is 19.1 Å². The third-order valence-electron chi connectivity index (χ3n) is 8.94. The predicted octanol–water partition coefficient (Wildman–Crippen LogP) is 10.2. The van der Waals surface area contributed by atoms with E-state index in [2.05, 4.69) is 137 Å². The topological polar surface area (TPSA) is 48.8 Å². The monoisotopic (exact) mass is 576 g/mol. The molecule has 6 aromatic carbocycles. The minimum atomic E-state index is 0.647. The third-order valence-corrected chi connectivity index (χ3v) is 8.94. The largest absolute Gasteiger partial charge is 0.450 e. The van der Waals surface area contributed by atoms with Crippen molar-refractivity contribution in [1.82, 2.24) is 19.1 Å². The Bertz CT molecular complexity index is 2670. The van der Waals surface area contributed by atoms with E-state index >= 15 is 0 Å². The summed E-state index contributed by atoms with van der Waals surface area (Å²) < 4.78 is 11.1. The van der Waals surface area contributed by atoms with Crippen LogP contribution in [0, 0.1) is 0 Å². The average Bonchev–Trinajstić information content (AvgIpc) is 3.76. The lowest BCUT2D eigenvalue weighted by Gasteiger charge is -2.12. The minimum absolute atomic E-state index is 0.647. The molecule has 0 bridgehead atoms. The summed E-state index contributed by atoms with van der Waals surface area (Å²) in [6.45, 7) is 0. The molecule has 0 N–H and O–H groups in total. The van der Waals surface area contributed by atoms with Crippen LogP contribution >= 0.6 is 0 Å². The molecule has 45 heavy (non-hydrogen) atoms. The fourth-order valence-corrected chi connectivity index (χ4v) is 6.99. The second kappa shape index (κ2) is 9.15. The molecule has 10 rings (SSSR count). The van der Waals surface area contributed by atoms with Crippen molar-refractivity contribution in [3.63, 3.8) is 0 Å². The van der Waals surface area contributed by atoms with Crippen molar-refractivity contribution < 1.29 is 4.42 Å². The molecule has 4 aromatic heterocycles. The SMILES string of the molecule is c1cc(-c2nc(-n3c4ccccc4c4ccccc43)c3oc4ccccc4c3n2)cc(-n2c3ccccc3c3ccccc32)c1. The highest BCUT2D eigenvalue weighted by molar-refractivity contribution is 6.12. The number of hydrogen-bond acceptors (Lipinski definition) is 3. The Morgan fingerprint density at radius 3 is 1.56 bits per heavy atom. The zero-order chi connectivity index (χ0) is 29.5. The molecule has 0 aliphatic rings. The van der Waals surface area contributed by atoms with Gasteiger partial charge in [-0.1, -0.05) is 97.1 Å². The van der Waals surface area contributed by atoms with Crippen molar-refractivity contribution in [1.29, 1.82) is 0 Å². The van der Waals surface area contributed by atoms with Gasteiger partial charge in [0, 0.05) is 38.2 Å². The van der Waals surface area contributed by atoms with Gasteiger partial charge in [0.15, 0.2) is 17.2 Å². The van der Waals surface area contributed by atoms with Crippen molar-refractivity contribution in [3.05, 3.63) is 146 Å². The van der Waals surface area contributed by atoms with Crippen LogP contribution in [0.1, 0.15) is 0 Å². The summed E-state index contributed by atoms with van der Waals surface area (Å²) in [5.41, 5.74) is 8.73. The third kappa shape index (κ3) is 3.43. The summed E-state index contributed by atoms with van der Waals surface area (Å²) in [5, 5.41) is 5.78. The molecule has 0 unspecified atom stereocenters. The van der Waals surface area contributed by atoms with Crippen LogP contribution in [-0.2, 0) is 0 Å². The Morgan fingerprint density at radius 1 is 0.444 bits per heavy atom. The molecule has 0 saturated carbocycles. The Balaban J connectivity index is 1.28. The van der Waals surface area contributed by atoms with Gasteiger partial charge < -0.3 is 8.98 Å². The molecule has 210 valence electrons. The normalized spacial score (nSPS) is 12.0. The molecule has 5 heteroatoms. The molecule has 0 fully saturated rings. The van der Waals surface area contributed by atoms with Crippen LogP contribution in [0.3, 0.4) is 0 Å². The summed E-state index contributed by atoms with van der Waals surface area (Å²) in [6, 6.07) is 50.7. The van der Waals surface area contributed by atoms with Crippen LogP contribution in [0.25, 0.3) is 88.6 Å². The summed E-state index contributed by atoms with van der Waals surface area (Å²) >= 11 is 0. The van der Waals surface area contributed by atoms with Gasteiger partial charge in [-0.15, -0.1) is 0 Å². The van der Waals surface area contributed by atoms with Crippen molar-refractivity contribution in [2.75, 3.05) is 0 Å². The minimum Gasteiger partial charge on any atom is -0.450 e. The molecular formula is C40H24N4O. The van der Waals surface area contributed by atoms with E-state index in [4.69, 9.17) is 14.4 Å². The number of fused-ring (bicyclic) bond motifs is 9. The van der Waals surface area contributed by atoms with Gasteiger partial charge in [-0.2, -0.15) is 0 Å². The maximum atomic E-state index is 6.53. The molecular weight excluding hydrogens is 552 g/mol. The van der Waals surface area contributed by atoms with Crippen LogP contribution in [0.2, 0.25) is 0 Å². The van der Waals surface area contributed by atoms with Crippen molar-refractivity contribution in [2.45, 2.75) is 0 Å². The Morgan fingerprint density at radius 2 is 0.956 bits per heavy atom. The van der Waals surface area contributed by atoms with E-state index in [0.717, 1.165) is 44.6 Å². The molecule has 0 amide bonds. The van der Waals surface area contributed by atoms with E-state index < -0.39 is 0 Å². The van der Waals surface area contributed by atoms with Crippen LogP contribution in [0.4, 0.5) is 0 Å². The average molecular weight is 577 g/mol. The molecule has 0 aliphatic carbocycles. The van der Waals surface area contributed by atoms with Crippen molar-refractivity contribution in [2.24, 2.45) is 0 Å². The van der Waals surface area contributed by atoms with E-state index in [1.165, 1.54) is 32.6 Å². The second-order valence-electron chi connectivity index (χ2n) is 11.4. The summed E-state index contributed by atoms with van der Waals surface area (Å²) in [7, 11) is 0. The highest BCUT2D eigenvalue weighted by Crippen LogP contribution is 2.38. The van der Waals surface area contributed by atoms with Gasteiger partial charge in [-0.05, 0) is 48.5 Å². The number of nitrogens with zero attached hydrogens (tertiary/aromatic N) is 4. The van der Waals surface area contributed by atoms with Gasteiger partial charge >= 0.3 is 0 Å². The van der Waals surface area contributed by atoms with E-state index in [0.29, 0.717) is 11.4 Å². The van der Waals surface area contributed by atoms with Gasteiger partial charge in [0.25, 0.3) is 0 Å². The first-order valence-electron chi connectivity index (χ1n) is 15.1. The van der Waals surface area contributed by atoms with E-state index in [-0.39, 0.29) is 0 Å². The van der Waals surface area contributed by atoms with E-state index in [9.17, 15) is 0 Å². The first kappa shape index (κ1) is 24.3. The molecule has 0 aliphatic heterocycles. The van der Waals surface area contributed by atoms with Crippen LogP contribution < -0.4 is 0 Å². The molecule has 5 nitrogen and oxygen atoms in total. The lowest BCUT2D eigenvalue weighted by Crippen LogP contribution is -2.02. The van der Waals surface area contributed by atoms with Crippen molar-refractivity contribution in [3.8, 4) is 22.9 Å². The summed E-state index contributed by atoms with van der Waals surface area (Å²) in [6.07, 6.45) is 0. The summed E-state index contributed by atoms with van der Waals surface area (Å²) in [4.78, 5) is 10.5. The molecule has 10 aromatic rings. The number of aromatic nitrogens is 4. The zero-order valence-corrected chi connectivity index (χ0v) is 24.1. The fraction of sp³-hybridized carbons (Fsp3) is 0. The first-order valence-corrected chi connectivity index (χ1v) is 15.1. The van der Waals surface area contributed by atoms with E-state index in [1.54, 1.807) is 0 Å². The first-order chi connectivity index (χ1) is 22.3. The maximum absolute atomic E-state index is 6.53. The summed E-state index contributed by atoms with van der Waals surface area (Å²) in [5.74, 6) is 1.37. The maximum Gasteiger partial charge on any atom is 0.197 e. The number of furan rings is 1. The Hall–Kier alpha value is -6.20. The number of para-hydroxylation sites is 5. The fourth-order valence-electron chi connectivity index (χ4n) is 6.99. The second-order valence-corrected chi connectivity index (χ2v) is 11.4. The molecule has 0 atom stereocenters. The van der Waals surface area contributed by atoms with Crippen LogP contribution in [0.5, 0.6) is 0 Å². The van der Waals surface area contributed by atoms with Gasteiger partial charge in [0.2, 0.25) is 0 Å². The van der Waals surface area contributed by atoms with Gasteiger partial charge in [0.1, 0.15) is 11.1 Å². The highest BCUT2D eigenvalue weighted by atomic mass is 16.3. The van der Waals surface area contributed by atoms with Gasteiger partial charge in [-0.25, -0.2) is 9.97 Å². The molecule has 0 radical (unpaired) electrons.